The predicted octanol–water partition coefficient (Wildman–Crippen LogP) is -10.7. The topological polar surface area (TPSA) is 247 Å². The van der Waals surface area contributed by atoms with E-state index in [2.05, 4.69) is 0 Å². The van der Waals surface area contributed by atoms with E-state index in [1.165, 1.54) is 0 Å². The molecular weight excluding hydrogens is 748 g/mol. The summed E-state index contributed by atoms with van der Waals surface area (Å²) in [5.74, 6) is -2.88. The molecule has 2 N–H and O–H groups in total. The molecule has 0 saturated heterocycles. The Balaban J connectivity index is -0.0000000239. The Hall–Kier alpha value is 4.44. The average molecular weight is 754 g/mol. The number of aliphatic carboxylic acids is 2. The van der Waals surface area contributed by atoms with E-state index in [1.54, 1.807) is 0 Å². The van der Waals surface area contributed by atoms with Gasteiger partial charge in [-0.05, 0) is 0 Å². The van der Waals surface area contributed by atoms with Crippen molar-refractivity contribution in [2.75, 3.05) is 13.2 Å². The SMILES string of the molecule is O=C([O-])CO.O=C([O-])CO.[Ba+2].[Ba+2].[Ba+2].[O]=[Ti]([O-])[O-].[O]=[Ti]([O-])[O-]. The number of rotatable bonds is 2. The third kappa shape index (κ3) is 173. The van der Waals surface area contributed by atoms with Crippen LogP contribution in [0.25, 0.3) is 0 Å². The summed E-state index contributed by atoms with van der Waals surface area (Å²) in [6, 6.07) is 0. The summed E-state index contributed by atoms with van der Waals surface area (Å²) in [5.41, 5.74) is 0. The van der Waals surface area contributed by atoms with Crippen LogP contribution in [0.3, 0.4) is 0 Å². The van der Waals surface area contributed by atoms with Gasteiger partial charge in [0.1, 0.15) is 0 Å². The van der Waals surface area contributed by atoms with E-state index in [0.29, 0.717) is 0 Å². The molecular formula is C4H6Ba3O12Ti2. The number of carbonyl (C=O) groups excluding carboxylic acids is 2. The minimum absolute atomic E-state index is 0. The van der Waals surface area contributed by atoms with E-state index >= 15 is 0 Å². The molecule has 0 bridgehead atoms. The van der Waals surface area contributed by atoms with Gasteiger partial charge < -0.3 is 30.0 Å². The van der Waals surface area contributed by atoms with Crippen molar-refractivity contribution in [3.8, 4) is 0 Å². The quantitative estimate of drug-likeness (QED) is 0.250. The van der Waals surface area contributed by atoms with Crippen LogP contribution in [0.2, 0.25) is 0 Å². The molecule has 0 aromatic rings. The summed E-state index contributed by atoms with van der Waals surface area (Å²) >= 11 is -8.17. The monoisotopic (exact) mass is 756 g/mol. The van der Waals surface area contributed by atoms with E-state index in [9.17, 15) is 0 Å². The first-order valence-corrected chi connectivity index (χ1v) is 7.21. The zero-order valence-corrected chi connectivity index (χ0v) is 27.0. The molecule has 0 spiro atoms. The Morgan fingerprint density at radius 1 is 0.714 bits per heavy atom. The molecule has 0 atom stereocenters. The van der Waals surface area contributed by atoms with Crippen LogP contribution < -0.4 is 25.0 Å². The molecule has 0 radical (unpaired) electrons. The van der Waals surface area contributed by atoms with E-state index in [1.807, 2.05) is 0 Å². The maximum atomic E-state index is 9.01. The fourth-order valence-electron chi connectivity index (χ4n) is 0. The first kappa shape index (κ1) is 44.7. The van der Waals surface area contributed by atoms with Gasteiger partial charge in [-0.1, -0.05) is 0 Å². The number of hydrogen-bond donors (Lipinski definition) is 2. The molecule has 0 amide bonds. The third-order valence-corrected chi connectivity index (χ3v) is 0.258. The number of hydrogen-bond acceptors (Lipinski definition) is 12. The molecule has 0 aromatic carbocycles. The molecule has 12 nitrogen and oxygen atoms in total. The zero-order chi connectivity index (χ0) is 15.7. The second kappa shape index (κ2) is 39.5. The maximum absolute atomic E-state index is 9.01. The number of carbonyl (C=O) groups is 2. The Morgan fingerprint density at radius 3 is 0.762 bits per heavy atom. The van der Waals surface area contributed by atoms with Gasteiger partial charge in [0.25, 0.3) is 0 Å². The van der Waals surface area contributed by atoms with Gasteiger partial charge in [-0.2, -0.15) is 0 Å². The fourth-order valence-corrected chi connectivity index (χ4v) is 0. The van der Waals surface area contributed by atoms with Gasteiger partial charge in [0.15, 0.2) is 0 Å². The molecule has 21 heavy (non-hydrogen) atoms. The van der Waals surface area contributed by atoms with Crippen LogP contribution in [0, 0.1) is 0 Å². The summed E-state index contributed by atoms with van der Waals surface area (Å²) in [7, 11) is 0. The van der Waals surface area contributed by atoms with Crippen molar-refractivity contribution in [3.05, 3.63) is 0 Å². The minimum atomic E-state index is -4.08. The first-order chi connectivity index (χ1) is 8.00. The number of carboxylic acid groups (broad SMARTS) is 2. The molecule has 0 saturated carbocycles. The van der Waals surface area contributed by atoms with Gasteiger partial charge >= 0.3 is 205 Å². The van der Waals surface area contributed by atoms with Gasteiger partial charge in [0.2, 0.25) is 0 Å². The van der Waals surface area contributed by atoms with Crippen molar-refractivity contribution in [2.24, 2.45) is 0 Å². The molecule has 108 valence electrons. The van der Waals surface area contributed by atoms with E-state index in [0.717, 1.165) is 0 Å². The first-order valence-electron chi connectivity index (χ1n) is 3.38. The van der Waals surface area contributed by atoms with Crippen molar-refractivity contribution in [1.29, 1.82) is 0 Å². The van der Waals surface area contributed by atoms with Gasteiger partial charge in [0.05, 0.1) is 25.2 Å². The van der Waals surface area contributed by atoms with Crippen molar-refractivity contribution in [1.82, 2.24) is 0 Å². The standard InChI is InChI=1S/2C2H4O3.3Ba.6O.2Ti/c2*3-1-2(4)5;;;;;;;;;;;/h2*3H,1H2,(H,4,5);;;;;;;;;;;/q;;3*+2;;;4*-1;;/p-2. The number of aliphatic hydroxyl groups excluding tert-OH is 2. The zero-order valence-electron chi connectivity index (χ0n) is 10.5. The van der Waals surface area contributed by atoms with Crippen molar-refractivity contribution < 1.29 is 88.6 Å². The van der Waals surface area contributed by atoms with Crippen molar-refractivity contribution in [2.45, 2.75) is 0 Å². The summed E-state index contributed by atoms with van der Waals surface area (Å²) in [6.07, 6.45) is 0. The van der Waals surface area contributed by atoms with Crippen molar-refractivity contribution in [3.63, 3.8) is 0 Å². The van der Waals surface area contributed by atoms with Crippen LogP contribution in [-0.2, 0) is 53.5 Å². The van der Waals surface area contributed by atoms with Crippen LogP contribution in [-0.4, -0.2) is 182 Å². The predicted molar refractivity (Wildman–Crippen MR) is 42.8 cm³/mol. The van der Waals surface area contributed by atoms with Crippen LogP contribution in [0.4, 0.5) is 0 Å². The molecule has 0 rings (SSSR count). The fraction of sp³-hybridized carbons (Fsp3) is 0.500. The van der Waals surface area contributed by atoms with Gasteiger partial charge in [-0.25, -0.2) is 0 Å². The third-order valence-electron chi connectivity index (χ3n) is 0.258. The van der Waals surface area contributed by atoms with Gasteiger partial charge in [0, 0.05) is 0 Å². The van der Waals surface area contributed by atoms with Crippen molar-refractivity contribution >= 4 is 159 Å². The number of aliphatic hydroxyl groups is 2. The average Bonchev–Trinajstić information content (AvgIpc) is 2.16. The molecule has 0 heterocycles. The molecule has 0 aromatic heterocycles. The summed E-state index contributed by atoms with van der Waals surface area (Å²) in [5, 5.41) is 33.0. The van der Waals surface area contributed by atoms with Crippen LogP contribution >= 0.6 is 0 Å². The van der Waals surface area contributed by atoms with E-state index < -0.39 is 62.4 Å². The molecule has 0 fully saturated rings. The molecule has 0 aliphatic heterocycles. The molecule has 0 aliphatic carbocycles. The van der Waals surface area contributed by atoms with Crippen LogP contribution in [0.15, 0.2) is 0 Å². The summed E-state index contributed by atoms with van der Waals surface area (Å²) < 4.78 is 51.5. The molecule has 0 unspecified atom stereocenters. The number of carboxylic acids is 2. The normalized spacial score (nSPS) is 6.00. The Labute approximate surface area is 253 Å². The Kier molecular flexibility index (Phi) is 84.0. The second-order valence-electron chi connectivity index (χ2n) is 1.56. The Bertz CT molecular complexity index is 229. The second-order valence-corrected chi connectivity index (χ2v) is 3.12. The molecule has 0 aliphatic rings. The van der Waals surface area contributed by atoms with Crippen LogP contribution in [0.1, 0.15) is 0 Å². The van der Waals surface area contributed by atoms with Gasteiger partial charge in [-0.15, -0.1) is 0 Å². The summed E-state index contributed by atoms with van der Waals surface area (Å²) in [4.78, 5) is 18.0. The van der Waals surface area contributed by atoms with Crippen LogP contribution in [0.5, 0.6) is 0 Å². The summed E-state index contributed by atoms with van der Waals surface area (Å²) in [6.45, 7) is -1.78. The van der Waals surface area contributed by atoms with E-state index in [-0.39, 0.29) is 147 Å². The van der Waals surface area contributed by atoms with Gasteiger partial charge in [-0.3, -0.25) is 0 Å². The van der Waals surface area contributed by atoms with E-state index in [4.69, 9.17) is 51.4 Å². The molecule has 17 heteroatoms. The Morgan fingerprint density at radius 2 is 0.762 bits per heavy atom.